The minimum Gasteiger partial charge on any atom is -0.506 e. The van der Waals surface area contributed by atoms with Crippen LogP contribution in [-0.4, -0.2) is 59.0 Å². The van der Waals surface area contributed by atoms with Crippen molar-refractivity contribution in [2.45, 2.75) is 69.7 Å². The van der Waals surface area contributed by atoms with E-state index < -0.39 is 43.8 Å². The van der Waals surface area contributed by atoms with Gasteiger partial charge in [-0.15, -0.1) is 0 Å². The third-order valence-corrected chi connectivity index (χ3v) is 13.0. The second-order valence-corrected chi connectivity index (χ2v) is 22.1. The molecule has 0 fully saturated rings. The molecule has 280 valence electrons. The van der Waals surface area contributed by atoms with E-state index in [1.54, 1.807) is 18.5 Å². The lowest BCUT2D eigenvalue weighted by molar-refractivity contribution is -0.124. The number of para-hydroxylation sites is 1. The summed E-state index contributed by atoms with van der Waals surface area (Å²) in [6.45, 7) is 10.9. The number of aromatic hydroxyl groups is 1. The van der Waals surface area contributed by atoms with Gasteiger partial charge in [0.2, 0.25) is 17.7 Å². The molecule has 55 heavy (non-hydrogen) atoms. The summed E-state index contributed by atoms with van der Waals surface area (Å²) in [5.74, 6) is 1.61. The second-order valence-electron chi connectivity index (χ2n) is 16.4. The number of hydrogen-bond donors (Lipinski definition) is 5. The van der Waals surface area contributed by atoms with Crippen molar-refractivity contribution >= 4 is 36.7 Å². The number of nitrogens with zero attached hydrogens (tertiary/aromatic N) is 2. The number of benzene rings is 3. The molecular weight excluding hydrogens is 717 g/mol. The van der Waals surface area contributed by atoms with Gasteiger partial charge in [0, 0.05) is 54.0 Å². The summed E-state index contributed by atoms with van der Waals surface area (Å²) in [7, 11) is -1.45. The summed E-state index contributed by atoms with van der Waals surface area (Å²) in [6, 6.07) is 14.7. The molecule has 0 saturated carbocycles. The fourth-order valence-electron chi connectivity index (χ4n) is 8.54. The van der Waals surface area contributed by atoms with Crippen LogP contribution in [0.3, 0.4) is 0 Å². The van der Waals surface area contributed by atoms with Gasteiger partial charge in [-0.2, -0.15) is 0 Å². The van der Waals surface area contributed by atoms with Gasteiger partial charge in [0.1, 0.15) is 29.0 Å². The molecule has 0 radical (unpaired) electrons. The van der Waals surface area contributed by atoms with Crippen molar-refractivity contribution in [2.24, 2.45) is 5.92 Å². The molecule has 2 amide bonds. The van der Waals surface area contributed by atoms with Gasteiger partial charge in [-0.05, 0) is 41.3 Å². The number of oxazole rings is 2. The second kappa shape index (κ2) is 11.7. The predicted octanol–water partition coefficient (Wildman–Crippen LogP) is 7.44. The van der Waals surface area contributed by atoms with Crippen molar-refractivity contribution in [3.8, 4) is 45.5 Å². The van der Waals surface area contributed by atoms with Crippen LogP contribution in [0.25, 0.3) is 44.9 Å². The molecule has 1 spiro atoms. The Morgan fingerprint density at radius 3 is 2.75 bits per heavy atom. The molecule has 7 heterocycles. The van der Waals surface area contributed by atoms with Gasteiger partial charge in [-0.1, -0.05) is 63.8 Å². The van der Waals surface area contributed by atoms with Crippen LogP contribution in [0.2, 0.25) is 25.7 Å². The number of amides is 2. The molecule has 0 saturated heterocycles. The SMILES string of the molecule is CC(C)[C@H]1NC(=O)[C@@H](NC(=O)OCC[Si](C)(C)C)Cc2ccc3c(c2)C24c5cccc(c5N[C@H]2O3)-c2ccc(O)c3[nH]cc(c23)-c2cnc(o2)-c2nc1oc24. The summed E-state index contributed by atoms with van der Waals surface area (Å²) in [4.78, 5) is 40.5. The van der Waals surface area contributed by atoms with Crippen molar-refractivity contribution in [3.05, 3.63) is 89.3 Å². The van der Waals surface area contributed by atoms with Crippen molar-refractivity contribution in [3.63, 3.8) is 0 Å². The minimum atomic E-state index is -1.45. The average molecular weight is 757 g/mol. The number of nitrogens with one attached hydrogen (secondary N) is 4. The van der Waals surface area contributed by atoms with Crippen LogP contribution in [0.1, 0.15) is 48.2 Å². The Labute approximate surface area is 316 Å². The number of rotatable bonds is 5. The van der Waals surface area contributed by atoms with Gasteiger partial charge in [0.15, 0.2) is 23.4 Å². The van der Waals surface area contributed by atoms with E-state index in [2.05, 4.69) is 46.6 Å². The molecule has 13 nitrogen and oxygen atoms in total. The Bertz CT molecular complexity index is 2580. The molecule has 10 bridgehead atoms. The van der Waals surface area contributed by atoms with Crippen molar-refractivity contribution in [1.82, 2.24) is 25.6 Å². The summed E-state index contributed by atoms with van der Waals surface area (Å²) < 4.78 is 26.0. The van der Waals surface area contributed by atoms with Gasteiger partial charge < -0.3 is 44.3 Å². The third kappa shape index (κ3) is 4.96. The molecule has 4 aliphatic rings. The van der Waals surface area contributed by atoms with Crippen LogP contribution in [0.5, 0.6) is 11.5 Å². The highest BCUT2D eigenvalue weighted by atomic mass is 28.3. The lowest BCUT2D eigenvalue weighted by atomic mass is 9.72. The normalized spacial score (nSPS) is 21.6. The number of aromatic amines is 1. The van der Waals surface area contributed by atoms with Gasteiger partial charge >= 0.3 is 6.09 Å². The number of hydrogen-bond acceptors (Lipinski definition) is 10. The van der Waals surface area contributed by atoms with Crippen LogP contribution in [0.4, 0.5) is 10.5 Å². The number of carbonyl (C=O) groups excluding carboxylic acids is 2. The summed E-state index contributed by atoms with van der Waals surface area (Å²) in [6.07, 6.45) is 2.33. The number of phenolic OH excluding ortho intramolecular Hbond substituents is 1. The van der Waals surface area contributed by atoms with Crippen LogP contribution in [0.15, 0.2) is 69.8 Å². The highest BCUT2D eigenvalue weighted by Crippen LogP contribution is 2.61. The molecule has 6 aromatic rings. The van der Waals surface area contributed by atoms with E-state index in [4.69, 9.17) is 28.3 Å². The van der Waals surface area contributed by atoms with E-state index in [1.807, 2.05) is 50.2 Å². The zero-order valence-electron chi connectivity index (χ0n) is 31.0. The maximum absolute atomic E-state index is 14.2. The first kappa shape index (κ1) is 33.5. The maximum atomic E-state index is 14.2. The molecular formula is C41H40N6O7Si. The fraction of sp³-hybridized carbons (Fsp3) is 0.317. The number of carbonyl (C=O) groups is 2. The molecule has 1 unspecified atom stereocenters. The largest absolute Gasteiger partial charge is 0.506 e. The first-order valence-electron chi connectivity index (χ1n) is 18.7. The molecule has 0 aliphatic carbocycles. The number of H-pyrrole nitrogens is 1. The summed E-state index contributed by atoms with van der Waals surface area (Å²) in [5, 5.41) is 21.5. The van der Waals surface area contributed by atoms with Crippen molar-refractivity contribution in [1.29, 1.82) is 0 Å². The lowest BCUT2D eigenvalue weighted by Gasteiger charge is -2.28. The lowest BCUT2D eigenvalue weighted by Crippen LogP contribution is -2.50. The van der Waals surface area contributed by atoms with Crippen LogP contribution < -0.4 is 20.7 Å². The Morgan fingerprint density at radius 1 is 1.07 bits per heavy atom. The van der Waals surface area contributed by atoms with E-state index >= 15 is 0 Å². The number of fused-ring (bicyclic) bond motifs is 7. The number of phenols is 1. The van der Waals surface area contributed by atoms with Crippen molar-refractivity contribution in [2.75, 3.05) is 11.9 Å². The van der Waals surface area contributed by atoms with E-state index in [9.17, 15) is 14.7 Å². The topological polar surface area (TPSA) is 177 Å². The maximum Gasteiger partial charge on any atom is 0.407 e. The molecule has 10 rings (SSSR count). The number of alkyl carbamates (subject to hydrolysis) is 1. The van der Waals surface area contributed by atoms with Gasteiger partial charge in [0.25, 0.3) is 0 Å². The fourth-order valence-corrected chi connectivity index (χ4v) is 9.25. The highest BCUT2D eigenvalue weighted by molar-refractivity contribution is 6.76. The highest BCUT2D eigenvalue weighted by Gasteiger charge is 2.61. The summed E-state index contributed by atoms with van der Waals surface area (Å²) in [5.41, 5.74) is 5.68. The standard InChI is InChI=1S/C41H40N6O7Si/c1-19(2)31-38-46-34-35(54-38)41-24-8-6-7-22(21-10-11-27(48)33-30(21)23(17-42-33)29-18-43-37(34)52-29)32(24)47-39(41)53-28-12-9-20(15-25(28)41)16-26(36(49)45-31)44-40(50)51-13-14-55(3,4)5/h6-12,15,17-19,26,31,39,42,47-48H,13-14,16H2,1-5H3,(H,44,50)(H,45,49)/t26-,31+,39-,41?/m0/s1. The average Bonchev–Trinajstić information content (AvgIpc) is 3.96. The zero-order chi connectivity index (χ0) is 38.0. The van der Waals surface area contributed by atoms with E-state index in [0.29, 0.717) is 28.5 Å². The Kier molecular flexibility index (Phi) is 7.16. The van der Waals surface area contributed by atoms with Crippen LogP contribution in [0, 0.1) is 5.92 Å². The van der Waals surface area contributed by atoms with Crippen LogP contribution >= 0.6 is 0 Å². The van der Waals surface area contributed by atoms with Gasteiger partial charge in [-0.3, -0.25) is 4.79 Å². The molecule has 3 aromatic carbocycles. The van der Waals surface area contributed by atoms with Gasteiger partial charge in [-0.25, -0.2) is 14.8 Å². The first-order chi connectivity index (χ1) is 26.4. The molecule has 5 N–H and O–H groups in total. The molecule has 4 aliphatic heterocycles. The molecule has 3 aromatic heterocycles. The van der Waals surface area contributed by atoms with Crippen LogP contribution in [-0.2, 0) is 21.4 Å². The smallest absolute Gasteiger partial charge is 0.407 e. The molecule has 4 atom stereocenters. The Balaban J connectivity index is 1.21. The first-order valence-corrected chi connectivity index (χ1v) is 22.4. The monoisotopic (exact) mass is 756 g/mol. The quantitative estimate of drug-likeness (QED) is 0.111. The molecule has 14 heteroatoms. The van der Waals surface area contributed by atoms with Crippen molar-refractivity contribution < 1.29 is 33.0 Å². The number of anilines is 1. The Hall–Kier alpha value is -6.02. The third-order valence-electron chi connectivity index (χ3n) is 11.3. The number of aromatic nitrogens is 3. The summed E-state index contributed by atoms with van der Waals surface area (Å²) >= 11 is 0. The minimum absolute atomic E-state index is 0.110. The van der Waals surface area contributed by atoms with E-state index in [-0.39, 0.29) is 36.5 Å². The van der Waals surface area contributed by atoms with E-state index in [0.717, 1.165) is 50.5 Å². The Morgan fingerprint density at radius 2 is 1.93 bits per heavy atom. The zero-order valence-corrected chi connectivity index (χ0v) is 32.0. The number of ether oxygens (including phenoxy) is 2. The van der Waals surface area contributed by atoms with Gasteiger partial charge in [0.05, 0.1) is 18.3 Å². The predicted molar refractivity (Wildman–Crippen MR) is 207 cm³/mol. The van der Waals surface area contributed by atoms with E-state index in [1.165, 1.54) is 0 Å².